The number of rotatable bonds is 9. The van der Waals surface area contributed by atoms with Crippen LogP contribution in [0.15, 0.2) is 53.9 Å². The standard InChI is InChI=1S/C30H37F3N2O2/c1-4-23-15-25(11-12-26(23)16-35-17-27(18-35)21(3)36)20(2)34-37-19-22-10-13-28(24-8-6-5-7-9-24)29(14-22)30(31,32)33/h10-15,24,27,36H,3-9,16-19H2,1-2H3/b34-20+. The van der Waals surface area contributed by atoms with Gasteiger partial charge >= 0.3 is 6.18 Å². The average Bonchev–Trinajstić information content (AvgIpc) is 2.85. The van der Waals surface area contributed by atoms with Crippen molar-refractivity contribution in [3.8, 4) is 0 Å². The van der Waals surface area contributed by atoms with Gasteiger partial charge in [-0.2, -0.15) is 13.2 Å². The predicted octanol–water partition coefficient (Wildman–Crippen LogP) is 7.76. The van der Waals surface area contributed by atoms with Crippen LogP contribution in [0.25, 0.3) is 0 Å². The van der Waals surface area contributed by atoms with Crippen LogP contribution in [-0.2, 0) is 30.6 Å². The third-order valence-electron chi connectivity index (χ3n) is 7.73. The van der Waals surface area contributed by atoms with E-state index in [9.17, 15) is 18.3 Å². The Morgan fingerprint density at radius 1 is 1.08 bits per heavy atom. The Kier molecular flexibility index (Phi) is 8.63. The molecule has 37 heavy (non-hydrogen) atoms. The van der Waals surface area contributed by atoms with Gasteiger partial charge in [0.1, 0.15) is 6.61 Å². The summed E-state index contributed by atoms with van der Waals surface area (Å²) in [6.45, 7) is 9.99. The fourth-order valence-electron chi connectivity index (χ4n) is 5.45. The number of benzene rings is 2. The maximum Gasteiger partial charge on any atom is 0.416 e. The van der Waals surface area contributed by atoms with Gasteiger partial charge in [0, 0.05) is 25.6 Å². The van der Waals surface area contributed by atoms with Gasteiger partial charge in [0.2, 0.25) is 0 Å². The van der Waals surface area contributed by atoms with Gasteiger partial charge in [-0.3, -0.25) is 4.90 Å². The van der Waals surface area contributed by atoms with Crippen LogP contribution < -0.4 is 0 Å². The van der Waals surface area contributed by atoms with E-state index in [1.54, 1.807) is 12.1 Å². The molecular weight excluding hydrogens is 477 g/mol. The fraction of sp³-hybridized carbons (Fsp3) is 0.500. The summed E-state index contributed by atoms with van der Waals surface area (Å²) in [6.07, 6.45) is 1.19. The maximum absolute atomic E-state index is 13.8. The zero-order chi connectivity index (χ0) is 26.6. The molecule has 0 amide bonds. The number of aliphatic hydroxyl groups is 1. The molecule has 7 heteroatoms. The molecule has 1 saturated carbocycles. The highest BCUT2D eigenvalue weighted by atomic mass is 19.4. The van der Waals surface area contributed by atoms with E-state index in [4.69, 9.17) is 4.84 Å². The number of alkyl halides is 3. The summed E-state index contributed by atoms with van der Waals surface area (Å²) in [5, 5.41) is 13.7. The van der Waals surface area contributed by atoms with E-state index in [1.807, 2.05) is 13.0 Å². The van der Waals surface area contributed by atoms with Crippen LogP contribution in [0.1, 0.15) is 85.3 Å². The molecule has 0 bridgehead atoms. The van der Waals surface area contributed by atoms with Crippen molar-refractivity contribution in [3.63, 3.8) is 0 Å². The minimum Gasteiger partial charge on any atom is -0.513 e. The third kappa shape index (κ3) is 6.75. The first-order valence-corrected chi connectivity index (χ1v) is 13.2. The summed E-state index contributed by atoms with van der Waals surface area (Å²) in [7, 11) is 0. The molecule has 2 aliphatic rings. The van der Waals surface area contributed by atoms with Gasteiger partial charge in [0.15, 0.2) is 0 Å². The van der Waals surface area contributed by atoms with Crippen molar-refractivity contribution in [2.45, 2.75) is 77.6 Å². The summed E-state index contributed by atoms with van der Waals surface area (Å²) in [5.74, 6) is 0.392. The van der Waals surface area contributed by atoms with Crippen LogP contribution in [0.3, 0.4) is 0 Å². The highest BCUT2D eigenvalue weighted by molar-refractivity contribution is 5.98. The largest absolute Gasteiger partial charge is 0.513 e. The Bertz CT molecular complexity index is 1130. The van der Waals surface area contributed by atoms with Crippen LogP contribution in [-0.4, -0.2) is 28.8 Å². The second-order valence-corrected chi connectivity index (χ2v) is 10.4. The van der Waals surface area contributed by atoms with Crippen LogP contribution in [0.5, 0.6) is 0 Å². The van der Waals surface area contributed by atoms with E-state index in [2.05, 4.69) is 35.7 Å². The minimum absolute atomic E-state index is 0.0175. The first-order valence-electron chi connectivity index (χ1n) is 13.2. The second kappa shape index (κ2) is 11.7. The molecule has 1 aliphatic carbocycles. The highest BCUT2D eigenvalue weighted by Gasteiger charge is 2.36. The summed E-state index contributed by atoms with van der Waals surface area (Å²) < 4.78 is 41.5. The zero-order valence-electron chi connectivity index (χ0n) is 21.8. The Balaban J connectivity index is 1.40. The molecule has 0 radical (unpaired) electrons. The summed E-state index contributed by atoms with van der Waals surface area (Å²) in [4.78, 5) is 7.78. The van der Waals surface area contributed by atoms with Crippen molar-refractivity contribution >= 4 is 5.71 Å². The number of nitrogens with zero attached hydrogens (tertiary/aromatic N) is 2. The lowest BCUT2D eigenvalue weighted by Gasteiger charge is -2.39. The normalized spacial score (nSPS) is 18.0. The number of likely N-dealkylation sites (tertiary alicyclic amines) is 1. The zero-order valence-corrected chi connectivity index (χ0v) is 21.8. The molecule has 0 unspecified atom stereocenters. The van der Waals surface area contributed by atoms with Crippen molar-refractivity contribution in [2.24, 2.45) is 11.1 Å². The second-order valence-electron chi connectivity index (χ2n) is 10.4. The molecule has 200 valence electrons. The lowest BCUT2D eigenvalue weighted by atomic mass is 9.81. The summed E-state index contributed by atoms with van der Waals surface area (Å²) in [5.41, 5.74) is 4.39. The molecule has 2 aromatic rings. The van der Waals surface area contributed by atoms with E-state index >= 15 is 0 Å². The van der Waals surface area contributed by atoms with E-state index in [0.717, 1.165) is 63.7 Å². The molecule has 1 heterocycles. The van der Waals surface area contributed by atoms with Gasteiger partial charge in [-0.1, -0.05) is 62.2 Å². The van der Waals surface area contributed by atoms with Crippen molar-refractivity contribution in [1.82, 2.24) is 4.90 Å². The average molecular weight is 515 g/mol. The van der Waals surface area contributed by atoms with Gasteiger partial charge in [0.25, 0.3) is 0 Å². The molecule has 0 atom stereocenters. The first kappa shape index (κ1) is 27.2. The molecule has 2 aromatic carbocycles. The Morgan fingerprint density at radius 2 is 1.81 bits per heavy atom. The van der Waals surface area contributed by atoms with Gasteiger partial charge in [-0.15, -0.1) is 0 Å². The lowest BCUT2D eigenvalue weighted by molar-refractivity contribution is -0.138. The molecule has 2 fully saturated rings. The van der Waals surface area contributed by atoms with Crippen molar-refractivity contribution in [3.05, 3.63) is 82.1 Å². The Labute approximate surface area is 217 Å². The molecule has 4 rings (SSSR count). The van der Waals surface area contributed by atoms with Gasteiger partial charge < -0.3 is 9.94 Å². The van der Waals surface area contributed by atoms with Gasteiger partial charge in [-0.25, -0.2) is 0 Å². The van der Waals surface area contributed by atoms with E-state index in [0.29, 0.717) is 16.8 Å². The number of aliphatic hydroxyl groups excluding tert-OH is 1. The molecule has 0 aromatic heterocycles. The number of hydrogen-bond donors (Lipinski definition) is 1. The number of hydrogen-bond acceptors (Lipinski definition) is 4. The minimum atomic E-state index is -4.39. The highest BCUT2D eigenvalue weighted by Crippen LogP contribution is 2.41. The van der Waals surface area contributed by atoms with Crippen LogP contribution in [0, 0.1) is 5.92 Å². The Morgan fingerprint density at radius 3 is 2.46 bits per heavy atom. The smallest absolute Gasteiger partial charge is 0.416 e. The quantitative estimate of drug-likeness (QED) is 0.211. The Hall–Kier alpha value is -2.80. The molecular formula is C30H37F3N2O2. The SMILES string of the molecule is C=C(O)C1CN(Cc2ccc(/C(C)=N/OCc3ccc(C4CCCCC4)c(C(F)(F)F)c3)cc2CC)C1. The van der Waals surface area contributed by atoms with Crippen LogP contribution >= 0.6 is 0 Å². The molecule has 1 saturated heterocycles. The van der Waals surface area contributed by atoms with Gasteiger partial charge in [0.05, 0.1) is 17.0 Å². The number of oxime groups is 1. The molecule has 1 N–H and O–H groups in total. The summed E-state index contributed by atoms with van der Waals surface area (Å²) >= 11 is 0. The van der Waals surface area contributed by atoms with E-state index in [1.165, 1.54) is 17.2 Å². The van der Waals surface area contributed by atoms with Crippen molar-refractivity contribution < 1.29 is 23.1 Å². The predicted molar refractivity (Wildman–Crippen MR) is 141 cm³/mol. The lowest BCUT2D eigenvalue weighted by Crippen LogP contribution is -2.46. The molecule has 0 spiro atoms. The monoisotopic (exact) mass is 514 g/mol. The molecule has 4 nitrogen and oxygen atoms in total. The van der Waals surface area contributed by atoms with Crippen molar-refractivity contribution in [1.29, 1.82) is 0 Å². The topological polar surface area (TPSA) is 45.1 Å². The summed E-state index contributed by atoms with van der Waals surface area (Å²) in [6, 6.07) is 10.8. The molecule has 1 aliphatic heterocycles. The van der Waals surface area contributed by atoms with E-state index < -0.39 is 11.7 Å². The van der Waals surface area contributed by atoms with Crippen LogP contribution in [0.4, 0.5) is 13.2 Å². The number of halogens is 3. The maximum atomic E-state index is 13.8. The fourth-order valence-corrected chi connectivity index (χ4v) is 5.45. The van der Waals surface area contributed by atoms with Crippen LogP contribution in [0.2, 0.25) is 0 Å². The van der Waals surface area contributed by atoms with Gasteiger partial charge in [-0.05, 0) is 72.1 Å². The number of aryl methyl sites for hydroxylation is 1. The first-order chi connectivity index (χ1) is 17.7. The third-order valence-corrected chi connectivity index (χ3v) is 7.73. The van der Waals surface area contributed by atoms with E-state index in [-0.39, 0.29) is 24.2 Å². The van der Waals surface area contributed by atoms with Crippen molar-refractivity contribution in [2.75, 3.05) is 13.1 Å².